The van der Waals surface area contributed by atoms with Crippen molar-refractivity contribution in [2.45, 2.75) is 45.2 Å². The minimum absolute atomic E-state index is 0.164. The second-order valence-corrected chi connectivity index (χ2v) is 4.98. The van der Waals surface area contributed by atoms with Gasteiger partial charge >= 0.3 is 5.97 Å². The van der Waals surface area contributed by atoms with Crippen LogP contribution in [0, 0.1) is 5.92 Å². The molecule has 6 heteroatoms. The van der Waals surface area contributed by atoms with Gasteiger partial charge in [0.25, 0.3) is 6.43 Å². The maximum Gasteiger partial charge on any atom is 0.307 e. The molecule has 0 aromatic heterocycles. The molecule has 0 saturated carbocycles. The summed E-state index contributed by atoms with van der Waals surface area (Å²) in [6.07, 6.45) is -1.05. The quantitative estimate of drug-likeness (QED) is 0.761. The first-order valence-corrected chi connectivity index (χ1v) is 6.42. The summed E-state index contributed by atoms with van der Waals surface area (Å²) >= 11 is 0. The lowest BCUT2D eigenvalue weighted by molar-refractivity contribution is -0.144. The average molecular weight is 264 g/mol. The van der Waals surface area contributed by atoms with E-state index in [-0.39, 0.29) is 18.6 Å². The van der Waals surface area contributed by atoms with Gasteiger partial charge in [-0.15, -0.1) is 0 Å². The van der Waals surface area contributed by atoms with Crippen molar-refractivity contribution >= 4 is 5.97 Å². The standard InChI is InChI=1S/C12H22F2N2O2/c1-3-8(2)16-6-9(12(17)18)4-10(7-16)15-5-11(13)14/h8-11,15H,3-7H2,1-2H3,(H,17,18). The molecular formula is C12H22F2N2O2. The number of nitrogens with zero attached hydrogens (tertiary/aromatic N) is 1. The lowest BCUT2D eigenvalue weighted by Gasteiger charge is -2.39. The van der Waals surface area contributed by atoms with Crippen LogP contribution in [0.1, 0.15) is 26.7 Å². The van der Waals surface area contributed by atoms with Crippen LogP contribution in [0.25, 0.3) is 0 Å². The molecule has 1 heterocycles. The third-order valence-electron chi connectivity index (χ3n) is 3.60. The Hall–Kier alpha value is -0.750. The Morgan fingerprint density at radius 1 is 1.50 bits per heavy atom. The summed E-state index contributed by atoms with van der Waals surface area (Å²) in [6.45, 7) is 4.86. The van der Waals surface area contributed by atoms with Crippen molar-refractivity contribution < 1.29 is 18.7 Å². The van der Waals surface area contributed by atoms with Gasteiger partial charge in [0, 0.05) is 25.2 Å². The van der Waals surface area contributed by atoms with Gasteiger partial charge < -0.3 is 10.4 Å². The molecule has 18 heavy (non-hydrogen) atoms. The van der Waals surface area contributed by atoms with E-state index in [9.17, 15) is 13.6 Å². The van der Waals surface area contributed by atoms with Crippen molar-refractivity contribution in [3.63, 3.8) is 0 Å². The zero-order valence-corrected chi connectivity index (χ0v) is 10.9. The summed E-state index contributed by atoms with van der Waals surface area (Å²) in [5.74, 6) is -1.31. The highest BCUT2D eigenvalue weighted by atomic mass is 19.3. The van der Waals surface area contributed by atoms with Gasteiger partial charge in [0.2, 0.25) is 0 Å². The SMILES string of the molecule is CCC(C)N1CC(NCC(F)F)CC(C(=O)O)C1. The Bertz CT molecular complexity index is 277. The summed E-state index contributed by atoms with van der Waals surface area (Å²) < 4.78 is 24.3. The molecule has 0 spiro atoms. The number of piperidine rings is 1. The molecule has 0 bridgehead atoms. The number of carbonyl (C=O) groups is 1. The van der Waals surface area contributed by atoms with Crippen LogP contribution in [0.3, 0.4) is 0 Å². The number of nitrogens with one attached hydrogen (secondary N) is 1. The Morgan fingerprint density at radius 3 is 2.67 bits per heavy atom. The van der Waals surface area contributed by atoms with Gasteiger partial charge in [0.1, 0.15) is 0 Å². The highest BCUT2D eigenvalue weighted by molar-refractivity contribution is 5.70. The number of hydrogen-bond donors (Lipinski definition) is 2. The largest absolute Gasteiger partial charge is 0.481 e. The highest BCUT2D eigenvalue weighted by Crippen LogP contribution is 2.20. The maximum atomic E-state index is 12.2. The molecule has 1 fully saturated rings. The van der Waals surface area contributed by atoms with E-state index in [0.29, 0.717) is 19.5 Å². The molecule has 1 saturated heterocycles. The zero-order valence-electron chi connectivity index (χ0n) is 10.9. The van der Waals surface area contributed by atoms with E-state index in [4.69, 9.17) is 5.11 Å². The fraction of sp³-hybridized carbons (Fsp3) is 0.917. The van der Waals surface area contributed by atoms with E-state index in [2.05, 4.69) is 10.2 Å². The summed E-state index contributed by atoms with van der Waals surface area (Å²) in [6, 6.07) is 0.117. The zero-order chi connectivity index (χ0) is 13.7. The summed E-state index contributed by atoms with van der Waals surface area (Å²) in [5.41, 5.74) is 0. The Labute approximate surface area is 106 Å². The molecule has 4 nitrogen and oxygen atoms in total. The topological polar surface area (TPSA) is 52.6 Å². The number of carboxylic acid groups (broad SMARTS) is 1. The van der Waals surface area contributed by atoms with Crippen LogP contribution in [0.15, 0.2) is 0 Å². The predicted molar refractivity (Wildman–Crippen MR) is 64.9 cm³/mol. The van der Waals surface area contributed by atoms with Gasteiger partial charge in [-0.25, -0.2) is 8.78 Å². The van der Waals surface area contributed by atoms with Crippen LogP contribution in [-0.2, 0) is 4.79 Å². The van der Waals surface area contributed by atoms with E-state index < -0.39 is 18.3 Å². The Balaban J connectivity index is 2.59. The number of alkyl halides is 2. The van der Waals surface area contributed by atoms with Crippen molar-refractivity contribution in [3.05, 3.63) is 0 Å². The molecule has 3 atom stereocenters. The second kappa shape index (κ2) is 6.99. The van der Waals surface area contributed by atoms with Gasteiger partial charge in [-0.1, -0.05) is 6.92 Å². The van der Waals surface area contributed by atoms with E-state index in [1.165, 1.54) is 0 Å². The van der Waals surface area contributed by atoms with Crippen molar-refractivity contribution in [1.29, 1.82) is 0 Å². The van der Waals surface area contributed by atoms with Crippen LogP contribution in [0.5, 0.6) is 0 Å². The monoisotopic (exact) mass is 264 g/mol. The predicted octanol–water partition coefficient (Wildman–Crippen LogP) is 1.41. The first kappa shape index (κ1) is 15.3. The minimum atomic E-state index is -2.40. The summed E-state index contributed by atoms with van der Waals surface area (Å²) in [4.78, 5) is 13.2. The van der Waals surface area contributed by atoms with Gasteiger partial charge in [-0.2, -0.15) is 0 Å². The highest BCUT2D eigenvalue weighted by Gasteiger charge is 2.33. The number of carboxylic acids is 1. The smallest absolute Gasteiger partial charge is 0.307 e. The van der Waals surface area contributed by atoms with Crippen LogP contribution in [0.2, 0.25) is 0 Å². The molecule has 0 aromatic carbocycles. The Kier molecular flexibility index (Phi) is 5.95. The maximum absolute atomic E-state index is 12.2. The normalized spacial score (nSPS) is 27.4. The number of rotatable bonds is 6. The number of aliphatic carboxylic acids is 1. The van der Waals surface area contributed by atoms with Gasteiger partial charge in [-0.05, 0) is 19.8 Å². The summed E-state index contributed by atoms with van der Waals surface area (Å²) in [7, 11) is 0. The lowest BCUT2D eigenvalue weighted by atomic mass is 9.93. The lowest BCUT2D eigenvalue weighted by Crippen LogP contribution is -2.54. The number of likely N-dealkylation sites (tertiary alicyclic amines) is 1. The molecule has 0 aromatic rings. The minimum Gasteiger partial charge on any atom is -0.481 e. The molecule has 1 rings (SSSR count). The molecule has 3 unspecified atom stereocenters. The van der Waals surface area contributed by atoms with Gasteiger partial charge in [0.15, 0.2) is 0 Å². The van der Waals surface area contributed by atoms with Gasteiger partial charge in [0.05, 0.1) is 12.5 Å². The fourth-order valence-electron chi connectivity index (χ4n) is 2.33. The molecule has 1 aliphatic heterocycles. The van der Waals surface area contributed by atoms with Gasteiger partial charge in [-0.3, -0.25) is 9.69 Å². The molecule has 0 amide bonds. The first-order valence-electron chi connectivity index (χ1n) is 6.42. The molecule has 106 valence electrons. The molecule has 0 aliphatic carbocycles. The average Bonchev–Trinajstić information content (AvgIpc) is 2.34. The van der Waals surface area contributed by atoms with Crippen LogP contribution >= 0.6 is 0 Å². The molecule has 1 aliphatic rings. The van der Waals surface area contributed by atoms with Crippen molar-refractivity contribution in [3.8, 4) is 0 Å². The fourth-order valence-corrected chi connectivity index (χ4v) is 2.33. The third kappa shape index (κ3) is 4.49. The number of halogens is 2. The van der Waals surface area contributed by atoms with Crippen molar-refractivity contribution in [1.82, 2.24) is 10.2 Å². The summed E-state index contributed by atoms with van der Waals surface area (Å²) in [5, 5.41) is 11.9. The van der Waals surface area contributed by atoms with Crippen LogP contribution in [-0.4, -0.2) is 54.1 Å². The number of hydrogen-bond acceptors (Lipinski definition) is 3. The van der Waals surface area contributed by atoms with E-state index in [1.54, 1.807) is 0 Å². The first-order chi connectivity index (χ1) is 8.43. The third-order valence-corrected chi connectivity index (χ3v) is 3.60. The molecular weight excluding hydrogens is 242 g/mol. The molecule has 2 N–H and O–H groups in total. The van der Waals surface area contributed by atoms with E-state index >= 15 is 0 Å². The van der Waals surface area contributed by atoms with Crippen LogP contribution < -0.4 is 5.32 Å². The Morgan fingerprint density at radius 2 is 2.17 bits per heavy atom. The van der Waals surface area contributed by atoms with Crippen molar-refractivity contribution in [2.24, 2.45) is 5.92 Å². The van der Waals surface area contributed by atoms with E-state index in [1.807, 2.05) is 13.8 Å². The van der Waals surface area contributed by atoms with Crippen LogP contribution in [0.4, 0.5) is 8.78 Å². The second-order valence-electron chi connectivity index (χ2n) is 4.98. The van der Waals surface area contributed by atoms with E-state index in [0.717, 1.165) is 6.42 Å². The van der Waals surface area contributed by atoms with Crippen molar-refractivity contribution in [2.75, 3.05) is 19.6 Å². The molecule has 0 radical (unpaired) electrons.